The third-order valence-corrected chi connectivity index (χ3v) is 5.56. The second-order valence-corrected chi connectivity index (χ2v) is 8.03. The summed E-state index contributed by atoms with van der Waals surface area (Å²) in [7, 11) is -4.60. The smallest absolute Gasteiger partial charge is 0.266 e. The Balaban J connectivity index is 1.92. The summed E-state index contributed by atoms with van der Waals surface area (Å²) >= 11 is 11.9. The van der Waals surface area contributed by atoms with Crippen molar-refractivity contribution in [3.8, 4) is 5.69 Å². The van der Waals surface area contributed by atoms with Crippen LogP contribution in [0.15, 0.2) is 41.3 Å². The van der Waals surface area contributed by atoms with E-state index in [9.17, 15) is 22.0 Å². The van der Waals surface area contributed by atoms with Gasteiger partial charge in [0, 0.05) is 11.1 Å². The highest BCUT2D eigenvalue weighted by atomic mass is 35.5. The van der Waals surface area contributed by atoms with E-state index in [1.54, 1.807) is 16.9 Å². The van der Waals surface area contributed by atoms with Crippen molar-refractivity contribution >= 4 is 39.1 Å². The van der Waals surface area contributed by atoms with Gasteiger partial charge < -0.3 is 0 Å². The Labute approximate surface area is 167 Å². The van der Waals surface area contributed by atoms with Crippen molar-refractivity contribution in [2.45, 2.75) is 11.8 Å². The number of aromatic nitrogens is 3. The molecule has 1 N–H and O–H groups in total. The van der Waals surface area contributed by atoms with Crippen molar-refractivity contribution in [2.24, 2.45) is 0 Å². The van der Waals surface area contributed by atoms with E-state index in [-0.39, 0.29) is 16.4 Å². The number of hydrogen-bond donors (Lipinski definition) is 1. The topological polar surface area (TPSA) is 93.9 Å². The van der Waals surface area contributed by atoms with Gasteiger partial charge in [0.2, 0.25) is 0 Å². The molecule has 0 aliphatic heterocycles. The molecule has 1 aromatic heterocycles. The molecule has 1 heterocycles. The van der Waals surface area contributed by atoms with Gasteiger partial charge in [0.05, 0.1) is 16.4 Å². The Kier molecular flexibility index (Phi) is 5.37. The molecule has 1 amide bonds. The molecule has 0 saturated carbocycles. The minimum absolute atomic E-state index is 0.177. The summed E-state index contributed by atoms with van der Waals surface area (Å²) in [5.74, 6) is -3.44. The molecule has 0 spiro atoms. The lowest BCUT2D eigenvalue weighted by molar-refractivity contribution is 0.0976. The third-order valence-electron chi connectivity index (χ3n) is 3.66. The van der Waals surface area contributed by atoms with Gasteiger partial charge in [-0.1, -0.05) is 28.4 Å². The van der Waals surface area contributed by atoms with E-state index in [0.29, 0.717) is 22.8 Å². The van der Waals surface area contributed by atoms with Crippen LogP contribution in [-0.2, 0) is 10.0 Å². The zero-order valence-electron chi connectivity index (χ0n) is 14.0. The number of rotatable bonds is 4. The number of carbonyl (C=O) groups excluding carboxylic acids is 1. The van der Waals surface area contributed by atoms with E-state index in [4.69, 9.17) is 23.2 Å². The standard InChI is InChI=1S/C16H10Cl2F2N4O3S/c1-8-15(21-23-24(8)13-4-2-9(17)6-11(13)18)16(25)22-28(26,27)14-5-3-10(19)7-12(14)20/h2-7H,1H3,(H,22,25). The quantitative estimate of drug-likeness (QED) is 0.663. The van der Waals surface area contributed by atoms with Crippen LogP contribution in [0.1, 0.15) is 16.2 Å². The van der Waals surface area contributed by atoms with Gasteiger partial charge in [0.15, 0.2) is 5.69 Å². The van der Waals surface area contributed by atoms with Crippen LogP contribution < -0.4 is 4.72 Å². The van der Waals surface area contributed by atoms with Gasteiger partial charge in [-0.05, 0) is 37.3 Å². The van der Waals surface area contributed by atoms with Crippen LogP contribution in [0.3, 0.4) is 0 Å². The fraction of sp³-hybridized carbons (Fsp3) is 0.0625. The van der Waals surface area contributed by atoms with E-state index in [1.807, 2.05) is 0 Å². The molecule has 0 aliphatic carbocycles. The molecule has 0 fully saturated rings. The predicted molar refractivity (Wildman–Crippen MR) is 97.1 cm³/mol. The number of halogens is 4. The number of nitrogens with one attached hydrogen (secondary N) is 1. The summed E-state index contributed by atoms with van der Waals surface area (Å²) < 4.78 is 54.1. The molecular weight excluding hydrogens is 437 g/mol. The van der Waals surface area contributed by atoms with Crippen LogP contribution in [0.2, 0.25) is 10.0 Å². The van der Waals surface area contributed by atoms with Crippen LogP contribution >= 0.6 is 23.2 Å². The zero-order valence-corrected chi connectivity index (χ0v) is 16.3. The van der Waals surface area contributed by atoms with Gasteiger partial charge >= 0.3 is 0 Å². The molecule has 12 heteroatoms. The molecule has 7 nitrogen and oxygen atoms in total. The Morgan fingerprint density at radius 3 is 2.50 bits per heavy atom. The van der Waals surface area contributed by atoms with Gasteiger partial charge in [-0.3, -0.25) is 4.79 Å². The average Bonchev–Trinajstić information content (AvgIpc) is 2.95. The molecule has 0 aliphatic rings. The number of benzene rings is 2. The Hall–Kier alpha value is -2.56. The second kappa shape index (κ2) is 7.46. The molecule has 0 radical (unpaired) electrons. The summed E-state index contributed by atoms with van der Waals surface area (Å²) in [4.78, 5) is 11.5. The molecular formula is C16H10Cl2F2N4O3S. The van der Waals surface area contributed by atoms with Gasteiger partial charge in [-0.25, -0.2) is 26.6 Å². The number of nitrogens with zero attached hydrogens (tertiary/aromatic N) is 3. The monoisotopic (exact) mass is 446 g/mol. The Morgan fingerprint density at radius 1 is 1.14 bits per heavy atom. The summed E-state index contributed by atoms with van der Waals surface area (Å²) in [5, 5.41) is 8.07. The fourth-order valence-corrected chi connectivity index (χ4v) is 3.84. The maximum Gasteiger partial charge on any atom is 0.287 e. The number of hydrogen-bond acceptors (Lipinski definition) is 5. The fourth-order valence-electron chi connectivity index (χ4n) is 2.34. The van der Waals surface area contributed by atoms with Crippen LogP contribution in [0.4, 0.5) is 8.78 Å². The van der Waals surface area contributed by atoms with E-state index >= 15 is 0 Å². The summed E-state index contributed by atoms with van der Waals surface area (Å²) in [6.45, 7) is 1.46. The Bertz CT molecular complexity index is 1200. The normalized spacial score (nSPS) is 11.5. The SMILES string of the molecule is Cc1c(C(=O)NS(=O)(=O)c2ccc(F)cc2F)nnn1-c1ccc(Cl)cc1Cl. The van der Waals surface area contributed by atoms with Crippen molar-refractivity contribution in [3.05, 3.63) is 69.5 Å². The maximum atomic E-state index is 13.8. The molecule has 146 valence electrons. The first-order chi connectivity index (χ1) is 13.1. The van der Waals surface area contributed by atoms with E-state index in [1.165, 1.54) is 17.7 Å². The van der Waals surface area contributed by atoms with Crippen molar-refractivity contribution < 1.29 is 22.0 Å². The Morgan fingerprint density at radius 2 is 1.86 bits per heavy atom. The minimum Gasteiger partial charge on any atom is -0.266 e. The third kappa shape index (κ3) is 3.84. The number of carbonyl (C=O) groups is 1. The van der Waals surface area contributed by atoms with Gasteiger partial charge in [0.25, 0.3) is 15.9 Å². The highest BCUT2D eigenvalue weighted by Crippen LogP contribution is 2.25. The molecule has 0 bridgehead atoms. The second-order valence-electron chi connectivity index (χ2n) is 5.54. The van der Waals surface area contributed by atoms with Crippen molar-refractivity contribution in [2.75, 3.05) is 0 Å². The van der Waals surface area contributed by atoms with E-state index in [2.05, 4.69) is 10.3 Å². The van der Waals surface area contributed by atoms with Crippen LogP contribution in [0.25, 0.3) is 5.69 Å². The largest absolute Gasteiger partial charge is 0.287 e. The number of amides is 1. The summed E-state index contributed by atoms with van der Waals surface area (Å²) in [5.41, 5.74) is 0.219. The van der Waals surface area contributed by atoms with Crippen molar-refractivity contribution in [1.82, 2.24) is 19.7 Å². The molecule has 2 aromatic carbocycles. The lowest BCUT2D eigenvalue weighted by Crippen LogP contribution is -2.32. The first-order valence-electron chi connectivity index (χ1n) is 7.50. The lowest BCUT2D eigenvalue weighted by Gasteiger charge is -2.08. The highest BCUT2D eigenvalue weighted by molar-refractivity contribution is 7.90. The molecule has 0 unspecified atom stereocenters. The van der Waals surface area contributed by atoms with Crippen LogP contribution in [0, 0.1) is 18.6 Å². The molecule has 0 atom stereocenters. The molecule has 3 aromatic rings. The first-order valence-corrected chi connectivity index (χ1v) is 9.74. The summed E-state index contributed by atoms with van der Waals surface area (Å²) in [6.07, 6.45) is 0. The van der Waals surface area contributed by atoms with Crippen molar-refractivity contribution in [1.29, 1.82) is 0 Å². The van der Waals surface area contributed by atoms with Crippen LogP contribution in [-0.4, -0.2) is 29.3 Å². The highest BCUT2D eigenvalue weighted by Gasteiger charge is 2.26. The van der Waals surface area contributed by atoms with Crippen molar-refractivity contribution in [3.63, 3.8) is 0 Å². The summed E-state index contributed by atoms with van der Waals surface area (Å²) in [6, 6.07) is 6.40. The van der Waals surface area contributed by atoms with Gasteiger partial charge in [0.1, 0.15) is 16.5 Å². The number of sulfonamides is 1. The van der Waals surface area contributed by atoms with Gasteiger partial charge in [-0.2, -0.15) is 0 Å². The minimum atomic E-state index is -4.60. The maximum absolute atomic E-state index is 13.8. The van der Waals surface area contributed by atoms with E-state index < -0.39 is 32.5 Å². The van der Waals surface area contributed by atoms with Gasteiger partial charge in [-0.15, -0.1) is 5.10 Å². The van der Waals surface area contributed by atoms with E-state index in [0.717, 1.165) is 6.07 Å². The molecule has 28 heavy (non-hydrogen) atoms. The molecule has 3 rings (SSSR count). The predicted octanol–water partition coefficient (Wildman–Crippen LogP) is 3.28. The van der Waals surface area contributed by atoms with Crippen LogP contribution in [0.5, 0.6) is 0 Å². The average molecular weight is 447 g/mol. The lowest BCUT2D eigenvalue weighted by atomic mass is 10.3. The molecule has 0 saturated heterocycles. The first kappa shape index (κ1) is 20.2. The zero-order chi connectivity index (χ0) is 20.6.